The van der Waals surface area contributed by atoms with Crippen LogP contribution in [0, 0.1) is 6.92 Å². The summed E-state index contributed by atoms with van der Waals surface area (Å²) in [6, 6.07) is 1.46. The molecule has 0 saturated heterocycles. The van der Waals surface area contributed by atoms with Crippen LogP contribution in [0.15, 0.2) is 6.07 Å². The molecule has 0 bridgehead atoms. The number of hydrogen-bond acceptors (Lipinski definition) is 6. The zero-order valence-corrected chi connectivity index (χ0v) is 15.2. The number of carbonyl (C=O) groups excluding carboxylic acids is 2. The van der Waals surface area contributed by atoms with Crippen LogP contribution >= 0.6 is 11.6 Å². The van der Waals surface area contributed by atoms with Gasteiger partial charge in [0.05, 0.1) is 0 Å². The van der Waals surface area contributed by atoms with Crippen LogP contribution in [0.25, 0.3) is 0 Å². The molecule has 0 radical (unpaired) electrons. The molecular formula is C15H22ClN3O4. The first-order valence-corrected chi connectivity index (χ1v) is 7.44. The second-order valence-corrected chi connectivity index (χ2v) is 7.33. The minimum absolute atomic E-state index is 0.0181. The van der Waals surface area contributed by atoms with Gasteiger partial charge in [0.2, 0.25) is 0 Å². The summed E-state index contributed by atoms with van der Waals surface area (Å²) in [6.45, 7) is 11.8. The molecule has 1 heterocycles. The number of carbonyl (C=O) groups is 2. The van der Waals surface area contributed by atoms with E-state index in [-0.39, 0.29) is 11.0 Å². The van der Waals surface area contributed by atoms with Crippen molar-refractivity contribution in [2.45, 2.75) is 59.7 Å². The highest BCUT2D eigenvalue weighted by molar-refractivity contribution is 6.30. The Morgan fingerprint density at radius 3 is 1.78 bits per heavy atom. The average molecular weight is 344 g/mol. The Morgan fingerprint density at radius 2 is 1.43 bits per heavy atom. The lowest BCUT2D eigenvalue weighted by molar-refractivity contribution is 0.0428. The number of aromatic nitrogens is 2. The monoisotopic (exact) mass is 343 g/mol. The zero-order valence-electron chi connectivity index (χ0n) is 14.4. The standard InChI is InChI=1S/C15H22ClN3O4/c1-9-8-10(17-18-11(9)16)19(12(20)22-14(2,3)4)13(21)23-15(5,6)7/h8H,1-7H3. The van der Waals surface area contributed by atoms with Crippen LogP contribution < -0.4 is 4.90 Å². The molecule has 0 N–H and O–H groups in total. The van der Waals surface area contributed by atoms with Crippen LogP contribution in [0.1, 0.15) is 47.1 Å². The lowest BCUT2D eigenvalue weighted by Crippen LogP contribution is -2.44. The fraction of sp³-hybridized carbons (Fsp3) is 0.600. The van der Waals surface area contributed by atoms with Gasteiger partial charge in [0.15, 0.2) is 11.0 Å². The minimum Gasteiger partial charge on any atom is -0.443 e. The van der Waals surface area contributed by atoms with Crippen LogP contribution in [0.5, 0.6) is 0 Å². The number of anilines is 1. The molecule has 0 fully saturated rings. The van der Waals surface area contributed by atoms with Crippen molar-refractivity contribution in [3.63, 3.8) is 0 Å². The average Bonchev–Trinajstić information content (AvgIpc) is 2.29. The second kappa shape index (κ2) is 6.70. The van der Waals surface area contributed by atoms with E-state index in [1.165, 1.54) is 6.07 Å². The van der Waals surface area contributed by atoms with Gasteiger partial charge in [0, 0.05) is 0 Å². The van der Waals surface area contributed by atoms with Crippen molar-refractivity contribution in [3.8, 4) is 0 Å². The van der Waals surface area contributed by atoms with Gasteiger partial charge in [0.1, 0.15) is 11.2 Å². The number of rotatable bonds is 1. The molecule has 0 aliphatic heterocycles. The number of nitrogens with zero attached hydrogens (tertiary/aromatic N) is 3. The third-order valence-electron chi connectivity index (χ3n) is 2.29. The van der Waals surface area contributed by atoms with E-state index in [4.69, 9.17) is 21.1 Å². The number of amides is 2. The fourth-order valence-electron chi connectivity index (χ4n) is 1.44. The number of imide groups is 1. The maximum Gasteiger partial charge on any atom is 0.425 e. The molecule has 0 saturated carbocycles. The molecule has 0 aliphatic carbocycles. The number of ether oxygens (including phenoxy) is 2. The summed E-state index contributed by atoms with van der Waals surface area (Å²) in [4.78, 5) is 25.5. The Bertz CT molecular complexity index is 578. The number of aryl methyl sites for hydroxylation is 1. The summed E-state index contributed by atoms with van der Waals surface area (Å²) in [6.07, 6.45) is -1.80. The molecule has 0 spiro atoms. The van der Waals surface area contributed by atoms with E-state index >= 15 is 0 Å². The second-order valence-electron chi connectivity index (χ2n) is 6.97. The maximum absolute atomic E-state index is 12.4. The van der Waals surface area contributed by atoms with E-state index in [1.807, 2.05) is 0 Å². The normalized spacial score (nSPS) is 11.8. The van der Waals surface area contributed by atoms with Gasteiger partial charge in [-0.1, -0.05) is 11.6 Å². The van der Waals surface area contributed by atoms with Gasteiger partial charge < -0.3 is 9.47 Å². The third-order valence-corrected chi connectivity index (χ3v) is 2.67. The summed E-state index contributed by atoms with van der Waals surface area (Å²) < 4.78 is 10.5. The van der Waals surface area contributed by atoms with Gasteiger partial charge >= 0.3 is 12.2 Å². The van der Waals surface area contributed by atoms with E-state index in [2.05, 4.69) is 10.2 Å². The first kappa shape index (κ1) is 19.2. The first-order chi connectivity index (χ1) is 10.3. The Hall–Kier alpha value is -1.89. The van der Waals surface area contributed by atoms with E-state index in [0.29, 0.717) is 10.5 Å². The lowest BCUT2D eigenvalue weighted by atomic mass is 10.2. The maximum atomic E-state index is 12.4. The molecule has 0 atom stereocenters. The summed E-state index contributed by atoms with van der Waals surface area (Å²) in [5.74, 6) is -0.0181. The van der Waals surface area contributed by atoms with Crippen LogP contribution in [-0.4, -0.2) is 33.6 Å². The largest absolute Gasteiger partial charge is 0.443 e. The van der Waals surface area contributed by atoms with Crippen molar-refractivity contribution in [2.75, 3.05) is 4.90 Å². The number of hydrogen-bond donors (Lipinski definition) is 0. The third kappa shape index (κ3) is 6.02. The van der Waals surface area contributed by atoms with Crippen molar-refractivity contribution in [1.82, 2.24) is 10.2 Å². The molecule has 1 aromatic rings. The molecule has 0 aromatic carbocycles. The highest BCUT2D eigenvalue weighted by Crippen LogP contribution is 2.22. The van der Waals surface area contributed by atoms with Crippen molar-refractivity contribution in [3.05, 3.63) is 16.8 Å². The molecule has 1 aromatic heterocycles. The topological polar surface area (TPSA) is 81.6 Å². The zero-order chi connectivity index (χ0) is 18.0. The molecule has 0 unspecified atom stereocenters. The van der Waals surface area contributed by atoms with Crippen molar-refractivity contribution in [1.29, 1.82) is 0 Å². The molecule has 128 valence electrons. The molecule has 1 rings (SSSR count). The lowest BCUT2D eigenvalue weighted by Gasteiger charge is -2.27. The van der Waals surface area contributed by atoms with E-state index < -0.39 is 23.4 Å². The predicted octanol–water partition coefficient (Wildman–Crippen LogP) is 4.12. The first-order valence-electron chi connectivity index (χ1n) is 7.06. The van der Waals surface area contributed by atoms with E-state index in [0.717, 1.165) is 0 Å². The number of halogens is 1. The van der Waals surface area contributed by atoms with Gasteiger partial charge in [0.25, 0.3) is 0 Å². The van der Waals surface area contributed by atoms with E-state index in [9.17, 15) is 9.59 Å². The van der Waals surface area contributed by atoms with Crippen molar-refractivity contribution >= 4 is 29.6 Å². The Morgan fingerprint density at radius 1 is 1.00 bits per heavy atom. The highest BCUT2D eigenvalue weighted by atomic mass is 35.5. The molecule has 2 amide bonds. The quantitative estimate of drug-likeness (QED) is 0.763. The van der Waals surface area contributed by atoms with Crippen LogP contribution in [0.2, 0.25) is 5.15 Å². The van der Waals surface area contributed by atoms with Crippen LogP contribution in [-0.2, 0) is 9.47 Å². The Balaban J connectivity index is 3.22. The predicted molar refractivity (Wildman–Crippen MR) is 86.7 cm³/mol. The summed E-state index contributed by atoms with van der Waals surface area (Å²) in [5, 5.41) is 7.68. The SMILES string of the molecule is Cc1cc(N(C(=O)OC(C)(C)C)C(=O)OC(C)(C)C)nnc1Cl. The summed E-state index contributed by atoms with van der Waals surface area (Å²) in [7, 11) is 0. The molecule has 7 nitrogen and oxygen atoms in total. The van der Waals surface area contributed by atoms with Gasteiger partial charge in [-0.15, -0.1) is 10.2 Å². The van der Waals surface area contributed by atoms with Gasteiger partial charge in [-0.2, -0.15) is 4.90 Å². The Labute approximate surface area is 140 Å². The van der Waals surface area contributed by atoms with Gasteiger partial charge in [-0.05, 0) is 60.1 Å². The van der Waals surface area contributed by atoms with Crippen LogP contribution in [0.4, 0.5) is 15.4 Å². The summed E-state index contributed by atoms with van der Waals surface area (Å²) in [5.41, 5.74) is -1.01. The fourth-order valence-corrected chi connectivity index (χ4v) is 1.53. The summed E-state index contributed by atoms with van der Waals surface area (Å²) >= 11 is 5.83. The van der Waals surface area contributed by atoms with Gasteiger partial charge in [-0.3, -0.25) is 0 Å². The van der Waals surface area contributed by atoms with E-state index in [1.54, 1.807) is 48.5 Å². The Kier molecular flexibility index (Phi) is 5.58. The molecular weight excluding hydrogens is 322 g/mol. The minimum atomic E-state index is -0.900. The molecule has 0 aliphatic rings. The highest BCUT2D eigenvalue weighted by Gasteiger charge is 2.34. The van der Waals surface area contributed by atoms with Crippen molar-refractivity contribution < 1.29 is 19.1 Å². The molecule has 23 heavy (non-hydrogen) atoms. The van der Waals surface area contributed by atoms with Crippen molar-refractivity contribution in [2.24, 2.45) is 0 Å². The molecule has 8 heteroatoms. The van der Waals surface area contributed by atoms with Crippen LogP contribution in [0.3, 0.4) is 0 Å². The smallest absolute Gasteiger partial charge is 0.425 e. The van der Waals surface area contributed by atoms with Gasteiger partial charge in [-0.25, -0.2) is 9.59 Å².